The van der Waals surface area contributed by atoms with Crippen LogP contribution in [0.15, 0.2) is 57.9 Å². The Kier molecular flexibility index (Phi) is 3.74. The summed E-state index contributed by atoms with van der Waals surface area (Å²) < 4.78 is 5.26. The monoisotopic (exact) mass is 394 g/mol. The van der Waals surface area contributed by atoms with Crippen molar-refractivity contribution in [2.75, 3.05) is 0 Å². The molecule has 2 aromatic carbocycles. The first-order valence-corrected chi connectivity index (χ1v) is 8.53. The van der Waals surface area contributed by atoms with Gasteiger partial charge in [-0.3, -0.25) is 0 Å². The third kappa shape index (κ3) is 2.70. The van der Waals surface area contributed by atoms with Gasteiger partial charge in [0.15, 0.2) is 0 Å². The number of hydrogen-bond acceptors (Lipinski definition) is 2. The molecule has 0 aliphatic rings. The van der Waals surface area contributed by atoms with Crippen LogP contribution in [0.4, 0.5) is 0 Å². The van der Waals surface area contributed by atoms with E-state index >= 15 is 0 Å². The molecule has 0 fully saturated rings. The van der Waals surface area contributed by atoms with Crippen LogP contribution in [0.3, 0.4) is 0 Å². The number of aryl methyl sites for hydroxylation is 1. The zero-order chi connectivity index (χ0) is 14.1. The molecule has 0 bridgehead atoms. The average Bonchev–Trinajstić information content (AvgIpc) is 2.46. The van der Waals surface area contributed by atoms with Crippen molar-refractivity contribution in [3.8, 4) is 0 Å². The molecule has 100 valence electrons. The molecule has 20 heavy (non-hydrogen) atoms. The van der Waals surface area contributed by atoms with Gasteiger partial charge in [-0.25, -0.2) is 0 Å². The van der Waals surface area contributed by atoms with Crippen LogP contribution in [0, 0.1) is 0 Å². The Balaban J connectivity index is 2.02. The SMILES string of the molecule is Cn1c(=O)cnc2ccc([Se]c3ccc(Br)cc3)cc21. The van der Waals surface area contributed by atoms with Crippen molar-refractivity contribution in [1.29, 1.82) is 0 Å². The second kappa shape index (κ2) is 5.52. The summed E-state index contributed by atoms with van der Waals surface area (Å²) in [4.78, 5) is 15.8. The molecule has 0 aliphatic carbocycles. The van der Waals surface area contributed by atoms with Crippen LogP contribution in [-0.2, 0) is 7.05 Å². The van der Waals surface area contributed by atoms with Crippen molar-refractivity contribution in [3.05, 3.63) is 63.5 Å². The fourth-order valence-electron chi connectivity index (χ4n) is 1.91. The molecule has 0 saturated heterocycles. The molecule has 3 nitrogen and oxygen atoms in total. The fraction of sp³-hybridized carbons (Fsp3) is 0.0667. The zero-order valence-corrected chi connectivity index (χ0v) is 14.0. The Labute approximate surface area is 130 Å². The molecule has 1 heterocycles. The van der Waals surface area contributed by atoms with Crippen LogP contribution in [0.25, 0.3) is 11.0 Å². The van der Waals surface area contributed by atoms with E-state index in [1.807, 2.05) is 6.07 Å². The molecular formula is C15H11BrN2OSe. The molecule has 0 amide bonds. The van der Waals surface area contributed by atoms with Crippen molar-refractivity contribution >= 4 is 50.8 Å². The molecule has 0 N–H and O–H groups in total. The average molecular weight is 394 g/mol. The Hall–Kier alpha value is -1.42. The predicted octanol–water partition coefficient (Wildman–Crippen LogP) is 1.35. The topological polar surface area (TPSA) is 34.9 Å². The van der Waals surface area contributed by atoms with E-state index in [-0.39, 0.29) is 20.5 Å². The quantitative estimate of drug-likeness (QED) is 0.616. The summed E-state index contributed by atoms with van der Waals surface area (Å²) in [5, 5.41) is 0. The van der Waals surface area contributed by atoms with Crippen molar-refractivity contribution < 1.29 is 0 Å². The number of benzene rings is 2. The minimum absolute atomic E-state index is 0.0780. The molecule has 5 heteroatoms. The van der Waals surface area contributed by atoms with Gasteiger partial charge >= 0.3 is 131 Å². The Morgan fingerprint density at radius 3 is 2.55 bits per heavy atom. The summed E-state index contributed by atoms with van der Waals surface area (Å²) in [6, 6.07) is 14.5. The number of fused-ring (bicyclic) bond motifs is 1. The van der Waals surface area contributed by atoms with Crippen molar-refractivity contribution in [2.45, 2.75) is 0 Å². The van der Waals surface area contributed by atoms with Gasteiger partial charge in [0, 0.05) is 0 Å². The number of aromatic nitrogens is 2. The van der Waals surface area contributed by atoms with Crippen LogP contribution in [0.2, 0.25) is 0 Å². The van der Waals surface area contributed by atoms with Crippen LogP contribution in [0.5, 0.6) is 0 Å². The van der Waals surface area contributed by atoms with Gasteiger partial charge in [-0.2, -0.15) is 0 Å². The molecule has 0 unspecified atom stereocenters. The summed E-state index contributed by atoms with van der Waals surface area (Å²) in [5.74, 6) is 0. The predicted molar refractivity (Wildman–Crippen MR) is 86.1 cm³/mol. The number of nitrogens with zero attached hydrogens (tertiary/aromatic N) is 2. The van der Waals surface area contributed by atoms with Crippen LogP contribution in [0.1, 0.15) is 0 Å². The molecule has 0 atom stereocenters. The second-order valence-electron chi connectivity index (χ2n) is 4.36. The van der Waals surface area contributed by atoms with Crippen molar-refractivity contribution in [3.63, 3.8) is 0 Å². The molecule has 3 rings (SSSR count). The summed E-state index contributed by atoms with van der Waals surface area (Å²) >= 11 is 3.66. The maximum absolute atomic E-state index is 11.6. The minimum atomic E-state index is -0.0780. The normalized spacial score (nSPS) is 10.9. The Morgan fingerprint density at radius 1 is 1.10 bits per heavy atom. The van der Waals surface area contributed by atoms with Crippen LogP contribution >= 0.6 is 15.9 Å². The third-order valence-electron chi connectivity index (χ3n) is 3.00. The second-order valence-corrected chi connectivity index (χ2v) is 7.68. The summed E-state index contributed by atoms with van der Waals surface area (Å²) in [6.07, 6.45) is 1.36. The van der Waals surface area contributed by atoms with E-state index in [1.54, 1.807) is 11.6 Å². The number of halogens is 1. The first-order chi connectivity index (χ1) is 9.63. The Morgan fingerprint density at radius 2 is 1.80 bits per heavy atom. The first kappa shape index (κ1) is 13.6. The summed E-state index contributed by atoms with van der Waals surface area (Å²) in [7, 11) is 1.78. The molecule has 1 aromatic heterocycles. The van der Waals surface area contributed by atoms with Crippen LogP contribution in [-0.4, -0.2) is 24.5 Å². The fourth-order valence-corrected chi connectivity index (χ4v) is 3.96. The van der Waals surface area contributed by atoms with E-state index in [4.69, 9.17) is 0 Å². The van der Waals surface area contributed by atoms with Gasteiger partial charge < -0.3 is 0 Å². The van der Waals surface area contributed by atoms with Crippen molar-refractivity contribution in [2.24, 2.45) is 7.05 Å². The van der Waals surface area contributed by atoms with Crippen molar-refractivity contribution in [1.82, 2.24) is 9.55 Å². The number of hydrogen-bond donors (Lipinski definition) is 0. The third-order valence-corrected chi connectivity index (χ3v) is 5.62. The van der Waals surface area contributed by atoms with Gasteiger partial charge in [-0.15, -0.1) is 0 Å². The van der Waals surface area contributed by atoms with E-state index in [9.17, 15) is 4.79 Å². The van der Waals surface area contributed by atoms with Gasteiger partial charge in [-0.05, 0) is 0 Å². The molecule has 0 saturated carbocycles. The van der Waals surface area contributed by atoms with Gasteiger partial charge in [-0.1, -0.05) is 0 Å². The number of rotatable bonds is 2. The van der Waals surface area contributed by atoms with Gasteiger partial charge in [0.25, 0.3) is 0 Å². The molecule has 3 aromatic rings. The maximum atomic E-state index is 11.6. The standard InChI is InChI=1S/C15H11BrN2OSe/c1-18-14-8-12(6-7-13(14)17-9-15(18)19)20-11-4-2-10(16)3-5-11/h2-9H,1H3. The van der Waals surface area contributed by atoms with Gasteiger partial charge in [0.05, 0.1) is 0 Å². The van der Waals surface area contributed by atoms with E-state index in [0.29, 0.717) is 0 Å². The Bertz CT molecular complexity index is 827. The zero-order valence-electron chi connectivity index (χ0n) is 10.7. The van der Waals surface area contributed by atoms with Gasteiger partial charge in [0.1, 0.15) is 0 Å². The van der Waals surface area contributed by atoms with E-state index in [0.717, 1.165) is 15.5 Å². The molecule has 0 aliphatic heterocycles. The molecule has 0 radical (unpaired) electrons. The van der Waals surface area contributed by atoms with E-state index < -0.39 is 0 Å². The van der Waals surface area contributed by atoms with E-state index in [2.05, 4.69) is 57.3 Å². The first-order valence-electron chi connectivity index (χ1n) is 6.03. The summed E-state index contributed by atoms with van der Waals surface area (Å²) in [5.41, 5.74) is 1.65. The van der Waals surface area contributed by atoms with E-state index in [1.165, 1.54) is 15.1 Å². The van der Waals surface area contributed by atoms with Crippen LogP contribution < -0.4 is 14.5 Å². The molecule has 0 spiro atoms. The summed E-state index contributed by atoms with van der Waals surface area (Å²) in [6.45, 7) is 0. The van der Waals surface area contributed by atoms with Gasteiger partial charge in [0.2, 0.25) is 0 Å². The molecular weight excluding hydrogens is 383 g/mol.